The average molecular weight is 540 g/mol. The average Bonchev–Trinajstić information content (AvgIpc) is 3.30. The van der Waals surface area contributed by atoms with Crippen LogP contribution in [0.5, 0.6) is 0 Å². The quantitative estimate of drug-likeness (QED) is 0.259. The molecule has 0 aromatic heterocycles. The highest BCUT2D eigenvalue weighted by atomic mass is 35.5. The molecule has 2 heterocycles. The SMILES string of the molecule is CC1=Nc2cc(Cl)ccc2C(N=C(C)Nc2ccc(C(=O)NC3CCN(Cc4ccccc4)C3)cc2)=C(C)C1. The maximum Gasteiger partial charge on any atom is 0.251 e. The van der Waals surface area contributed by atoms with Crippen molar-refractivity contribution in [3.63, 3.8) is 0 Å². The molecule has 0 aliphatic carbocycles. The zero-order valence-corrected chi connectivity index (χ0v) is 23.4. The maximum atomic E-state index is 12.9. The van der Waals surface area contributed by atoms with Crippen LogP contribution in [0.2, 0.25) is 5.02 Å². The Morgan fingerprint density at radius 2 is 1.85 bits per heavy atom. The Morgan fingerprint density at radius 1 is 1.08 bits per heavy atom. The van der Waals surface area contributed by atoms with Gasteiger partial charge in [-0.05, 0) is 80.8 Å². The van der Waals surface area contributed by atoms with E-state index < -0.39 is 0 Å². The van der Waals surface area contributed by atoms with Crippen molar-refractivity contribution in [2.45, 2.75) is 46.2 Å². The van der Waals surface area contributed by atoms with Crippen LogP contribution in [0.1, 0.15) is 55.1 Å². The first-order valence-electron chi connectivity index (χ1n) is 13.4. The number of amidine groups is 1. The Balaban J connectivity index is 1.20. The number of nitrogens with one attached hydrogen (secondary N) is 2. The number of benzene rings is 3. The number of aliphatic imine (C=N–C) groups is 2. The summed E-state index contributed by atoms with van der Waals surface area (Å²) in [6.07, 6.45) is 1.72. The molecule has 7 heteroatoms. The zero-order valence-electron chi connectivity index (χ0n) is 22.7. The molecule has 2 N–H and O–H groups in total. The van der Waals surface area contributed by atoms with E-state index in [9.17, 15) is 4.79 Å². The molecule has 1 atom stereocenters. The number of nitrogens with zero attached hydrogens (tertiary/aromatic N) is 3. The first kappa shape index (κ1) is 26.9. The van der Waals surface area contributed by atoms with Gasteiger partial charge >= 0.3 is 0 Å². The second-order valence-corrected chi connectivity index (χ2v) is 10.8. The Bertz CT molecular complexity index is 1440. The molecule has 0 bridgehead atoms. The molecule has 200 valence electrons. The molecule has 3 aromatic rings. The summed E-state index contributed by atoms with van der Waals surface area (Å²) in [6.45, 7) is 8.82. The summed E-state index contributed by atoms with van der Waals surface area (Å²) in [6, 6.07) is 23.9. The third kappa shape index (κ3) is 6.83. The summed E-state index contributed by atoms with van der Waals surface area (Å²) in [5.41, 5.74) is 7.72. The smallest absolute Gasteiger partial charge is 0.251 e. The summed E-state index contributed by atoms with van der Waals surface area (Å²) in [7, 11) is 0. The van der Waals surface area contributed by atoms with Crippen molar-refractivity contribution in [2.75, 3.05) is 18.4 Å². The van der Waals surface area contributed by atoms with E-state index in [1.54, 1.807) is 0 Å². The van der Waals surface area contributed by atoms with Crippen molar-refractivity contribution >= 4 is 46.1 Å². The Labute approximate surface area is 235 Å². The van der Waals surface area contributed by atoms with E-state index in [4.69, 9.17) is 21.6 Å². The van der Waals surface area contributed by atoms with E-state index in [2.05, 4.69) is 46.7 Å². The number of halogens is 1. The van der Waals surface area contributed by atoms with Gasteiger partial charge in [-0.2, -0.15) is 0 Å². The van der Waals surface area contributed by atoms with Crippen LogP contribution in [0.3, 0.4) is 0 Å². The molecule has 2 aliphatic heterocycles. The first-order valence-corrected chi connectivity index (χ1v) is 13.8. The van der Waals surface area contributed by atoms with Crippen molar-refractivity contribution in [2.24, 2.45) is 9.98 Å². The fourth-order valence-electron chi connectivity index (χ4n) is 5.21. The van der Waals surface area contributed by atoms with E-state index in [-0.39, 0.29) is 11.9 Å². The molecule has 1 saturated heterocycles. The Morgan fingerprint density at radius 3 is 2.62 bits per heavy atom. The molecule has 6 nitrogen and oxygen atoms in total. The highest BCUT2D eigenvalue weighted by molar-refractivity contribution is 6.31. The van der Waals surface area contributed by atoms with Crippen LogP contribution >= 0.6 is 11.6 Å². The molecule has 1 fully saturated rings. The van der Waals surface area contributed by atoms with Crippen LogP contribution in [0.25, 0.3) is 5.70 Å². The summed E-state index contributed by atoms with van der Waals surface area (Å²) in [5.74, 6) is 0.717. The minimum atomic E-state index is -0.0385. The van der Waals surface area contributed by atoms with Crippen LogP contribution in [0, 0.1) is 0 Å². The molecule has 0 radical (unpaired) electrons. The second-order valence-electron chi connectivity index (χ2n) is 10.4. The largest absolute Gasteiger partial charge is 0.348 e. The number of carbonyl (C=O) groups is 1. The number of likely N-dealkylation sites (tertiary alicyclic amines) is 1. The number of anilines is 1. The van der Waals surface area contributed by atoms with Crippen molar-refractivity contribution in [1.29, 1.82) is 0 Å². The fraction of sp³-hybridized carbons (Fsp3) is 0.281. The van der Waals surface area contributed by atoms with Gasteiger partial charge in [0.05, 0.1) is 11.4 Å². The van der Waals surface area contributed by atoms with Gasteiger partial charge in [0, 0.05) is 59.6 Å². The van der Waals surface area contributed by atoms with Gasteiger partial charge in [0.15, 0.2) is 0 Å². The molecule has 3 aromatic carbocycles. The van der Waals surface area contributed by atoms with Crippen molar-refractivity contribution in [3.05, 3.63) is 100 Å². The third-order valence-corrected chi connectivity index (χ3v) is 7.29. The normalized spacial score (nSPS) is 17.9. The number of hydrogen-bond acceptors (Lipinski definition) is 4. The van der Waals surface area contributed by atoms with Crippen molar-refractivity contribution in [3.8, 4) is 0 Å². The van der Waals surface area contributed by atoms with Crippen LogP contribution in [0.15, 0.2) is 88.4 Å². The molecule has 39 heavy (non-hydrogen) atoms. The highest BCUT2D eigenvalue weighted by Gasteiger charge is 2.24. The van der Waals surface area contributed by atoms with E-state index in [1.807, 2.05) is 62.4 Å². The number of rotatable bonds is 6. The molecule has 0 spiro atoms. The van der Waals surface area contributed by atoms with E-state index >= 15 is 0 Å². The lowest BCUT2D eigenvalue weighted by Crippen LogP contribution is -2.36. The van der Waals surface area contributed by atoms with Crippen LogP contribution in [0.4, 0.5) is 11.4 Å². The molecule has 1 amide bonds. The summed E-state index contributed by atoms with van der Waals surface area (Å²) in [5, 5.41) is 7.22. The Kier molecular flexibility index (Phi) is 8.24. The monoisotopic (exact) mass is 539 g/mol. The molecular formula is C32H34ClN5O. The lowest BCUT2D eigenvalue weighted by molar-refractivity contribution is 0.0937. The van der Waals surface area contributed by atoms with Crippen LogP contribution in [-0.4, -0.2) is 41.5 Å². The highest BCUT2D eigenvalue weighted by Crippen LogP contribution is 2.36. The van der Waals surface area contributed by atoms with Gasteiger partial charge in [-0.25, -0.2) is 4.99 Å². The van der Waals surface area contributed by atoms with Crippen molar-refractivity contribution < 1.29 is 4.79 Å². The number of amides is 1. The second kappa shape index (κ2) is 12.0. The van der Waals surface area contributed by atoms with E-state index in [1.165, 1.54) is 5.56 Å². The first-order chi connectivity index (χ1) is 18.8. The molecular weight excluding hydrogens is 506 g/mol. The topological polar surface area (TPSA) is 69.1 Å². The molecule has 5 rings (SSSR count). The number of fused-ring (bicyclic) bond motifs is 1. The number of hydrogen-bond donors (Lipinski definition) is 2. The predicted octanol–water partition coefficient (Wildman–Crippen LogP) is 7.10. The minimum Gasteiger partial charge on any atom is -0.348 e. The van der Waals surface area contributed by atoms with Gasteiger partial charge in [-0.1, -0.05) is 41.9 Å². The zero-order chi connectivity index (χ0) is 27.4. The van der Waals surface area contributed by atoms with Gasteiger partial charge in [0.25, 0.3) is 5.91 Å². The van der Waals surface area contributed by atoms with E-state index in [0.29, 0.717) is 10.6 Å². The summed E-state index contributed by atoms with van der Waals surface area (Å²) >= 11 is 6.23. The van der Waals surface area contributed by atoms with Crippen molar-refractivity contribution in [1.82, 2.24) is 10.2 Å². The Hall–Kier alpha value is -3.74. The lowest BCUT2D eigenvalue weighted by Gasteiger charge is -2.17. The van der Waals surface area contributed by atoms with E-state index in [0.717, 1.165) is 72.2 Å². The van der Waals surface area contributed by atoms with Gasteiger partial charge in [-0.15, -0.1) is 0 Å². The summed E-state index contributed by atoms with van der Waals surface area (Å²) < 4.78 is 0. The maximum absolute atomic E-state index is 12.9. The van der Waals surface area contributed by atoms with Gasteiger partial charge in [0.2, 0.25) is 0 Å². The molecule has 1 unspecified atom stereocenters. The number of allylic oxidation sites excluding steroid dienone is 1. The third-order valence-electron chi connectivity index (χ3n) is 7.06. The van der Waals surface area contributed by atoms with Crippen LogP contribution in [-0.2, 0) is 6.54 Å². The van der Waals surface area contributed by atoms with Crippen LogP contribution < -0.4 is 10.6 Å². The van der Waals surface area contributed by atoms with Gasteiger partial charge in [0.1, 0.15) is 5.84 Å². The van der Waals surface area contributed by atoms with Gasteiger partial charge in [-0.3, -0.25) is 14.7 Å². The minimum absolute atomic E-state index is 0.0385. The molecule has 0 saturated carbocycles. The fourth-order valence-corrected chi connectivity index (χ4v) is 5.38. The van der Waals surface area contributed by atoms with Gasteiger partial charge < -0.3 is 10.6 Å². The molecule has 2 aliphatic rings. The lowest BCUT2D eigenvalue weighted by atomic mass is 10.0. The standard InChI is InChI=1S/C32H34ClN5O/c1-21-17-22(2)34-30-18-26(33)11-14-29(30)31(21)36-23(3)35-27-12-9-25(10-13-27)32(39)37-28-15-16-38(20-28)19-24-7-5-4-6-8-24/h4-14,18,28H,15-17,19-20H2,1-3H3,(H,35,36)(H,37,39). The predicted molar refractivity (Wildman–Crippen MR) is 162 cm³/mol. The number of carbonyl (C=O) groups excluding carboxylic acids is 1. The summed E-state index contributed by atoms with van der Waals surface area (Å²) in [4.78, 5) is 25.0.